The fraction of sp³-hybridized carbons (Fsp3) is 0.294. The number of nitro benzene ring substituents is 1. The molecule has 1 fully saturated rings. The van der Waals surface area contributed by atoms with Gasteiger partial charge in [-0.2, -0.15) is 17.5 Å². The van der Waals surface area contributed by atoms with Crippen molar-refractivity contribution in [1.82, 2.24) is 4.31 Å². The predicted molar refractivity (Wildman–Crippen MR) is 95.5 cm³/mol. The molecule has 0 radical (unpaired) electrons. The first-order valence-electron chi connectivity index (χ1n) is 8.26. The Morgan fingerprint density at radius 3 is 2.11 bits per heavy atom. The summed E-state index contributed by atoms with van der Waals surface area (Å²) in [5.41, 5.74) is -1.72. The number of benzene rings is 2. The third-order valence-electron chi connectivity index (χ3n) is 4.46. The number of nitrogens with zero attached hydrogens (tertiary/aromatic N) is 3. The number of sulfonamides is 1. The van der Waals surface area contributed by atoms with Crippen molar-refractivity contribution in [2.45, 2.75) is 11.1 Å². The van der Waals surface area contributed by atoms with Gasteiger partial charge in [0.05, 0.1) is 15.4 Å². The zero-order valence-corrected chi connectivity index (χ0v) is 15.3. The highest BCUT2D eigenvalue weighted by atomic mass is 32.2. The monoisotopic (exact) mass is 415 g/mol. The lowest BCUT2D eigenvalue weighted by Crippen LogP contribution is -2.48. The Labute approximate surface area is 159 Å². The highest BCUT2D eigenvalue weighted by molar-refractivity contribution is 7.89. The molecule has 0 bridgehead atoms. The quantitative estimate of drug-likeness (QED) is 0.566. The fourth-order valence-electron chi connectivity index (χ4n) is 3.02. The van der Waals surface area contributed by atoms with Crippen LogP contribution >= 0.6 is 0 Å². The van der Waals surface area contributed by atoms with Gasteiger partial charge in [-0.05, 0) is 24.3 Å². The van der Waals surface area contributed by atoms with E-state index in [0.29, 0.717) is 6.07 Å². The minimum absolute atomic E-state index is 0.0368. The average molecular weight is 415 g/mol. The molecule has 3 rings (SSSR count). The lowest BCUT2D eigenvalue weighted by Gasteiger charge is -2.35. The lowest BCUT2D eigenvalue weighted by molar-refractivity contribution is -0.384. The maximum absolute atomic E-state index is 12.8. The van der Waals surface area contributed by atoms with Gasteiger partial charge in [-0.25, -0.2) is 8.42 Å². The summed E-state index contributed by atoms with van der Waals surface area (Å²) >= 11 is 0. The van der Waals surface area contributed by atoms with Gasteiger partial charge in [-0.15, -0.1) is 0 Å². The summed E-state index contributed by atoms with van der Waals surface area (Å²) in [6.45, 7) is 0.376. The number of piperazine rings is 1. The van der Waals surface area contributed by atoms with Crippen LogP contribution < -0.4 is 4.90 Å². The topological polar surface area (TPSA) is 83.8 Å². The molecule has 1 heterocycles. The van der Waals surface area contributed by atoms with E-state index < -0.39 is 32.4 Å². The third kappa shape index (κ3) is 3.94. The standard InChI is InChI=1S/C17H16F3N3O4S/c18-17(19,20)13-6-7-15(16(12-13)23(24)25)21-8-10-22(11-9-21)28(26,27)14-4-2-1-3-5-14/h1-7,12H,8-11H2. The van der Waals surface area contributed by atoms with Crippen LogP contribution in [-0.4, -0.2) is 43.8 Å². The Morgan fingerprint density at radius 2 is 1.57 bits per heavy atom. The molecule has 7 nitrogen and oxygen atoms in total. The zero-order valence-electron chi connectivity index (χ0n) is 14.5. The highest BCUT2D eigenvalue weighted by Gasteiger charge is 2.35. The minimum Gasteiger partial charge on any atom is -0.363 e. The molecule has 2 aromatic carbocycles. The van der Waals surface area contributed by atoms with E-state index in [4.69, 9.17) is 0 Å². The number of rotatable bonds is 4. The van der Waals surface area contributed by atoms with Gasteiger partial charge in [0.25, 0.3) is 5.69 Å². The van der Waals surface area contributed by atoms with Crippen molar-refractivity contribution in [2.24, 2.45) is 0 Å². The number of hydrogen-bond donors (Lipinski definition) is 0. The van der Waals surface area contributed by atoms with Crippen LogP contribution in [0.4, 0.5) is 24.5 Å². The molecule has 150 valence electrons. The molecular formula is C17H16F3N3O4S. The molecule has 0 spiro atoms. The molecule has 0 saturated carbocycles. The van der Waals surface area contributed by atoms with Crippen molar-refractivity contribution in [3.8, 4) is 0 Å². The first-order valence-corrected chi connectivity index (χ1v) is 9.70. The number of alkyl halides is 3. The van der Waals surface area contributed by atoms with Crippen molar-refractivity contribution in [3.63, 3.8) is 0 Å². The van der Waals surface area contributed by atoms with Gasteiger partial charge in [0, 0.05) is 32.2 Å². The van der Waals surface area contributed by atoms with Gasteiger partial charge >= 0.3 is 6.18 Å². The van der Waals surface area contributed by atoms with Crippen molar-refractivity contribution >= 4 is 21.4 Å². The predicted octanol–water partition coefficient (Wildman–Crippen LogP) is 3.12. The second-order valence-corrected chi connectivity index (χ2v) is 8.10. The Hall–Kier alpha value is -2.66. The molecule has 1 saturated heterocycles. The maximum atomic E-state index is 12.8. The second-order valence-electron chi connectivity index (χ2n) is 6.16. The molecule has 0 unspecified atom stereocenters. The summed E-state index contributed by atoms with van der Waals surface area (Å²) in [5.74, 6) is 0. The van der Waals surface area contributed by atoms with Crippen LogP contribution in [0, 0.1) is 10.1 Å². The van der Waals surface area contributed by atoms with E-state index in [1.165, 1.54) is 21.3 Å². The molecule has 1 aliphatic rings. The number of anilines is 1. The number of nitro groups is 1. The van der Waals surface area contributed by atoms with Crippen LogP contribution in [0.25, 0.3) is 0 Å². The van der Waals surface area contributed by atoms with Gasteiger partial charge in [-0.1, -0.05) is 18.2 Å². The first-order chi connectivity index (χ1) is 13.1. The van der Waals surface area contributed by atoms with E-state index >= 15 is 0 Å². The minimum atomic E-state index is -4.69. The van der Waals surface area contributed by atoms with Crippen molar-refractivity contribution < 1.29 is 26.5 Å². The van der Waals surface area contributed by atoms with Crippen LogP contribution in [0.1, 0.15) is 5.56 Å². The normalized spacial score (nSPS) is 16.2. The van der Waals surface area contributed by atoms with Crippen molar-refractivity contribution in [2.75, 3.05) is 31.1 Å². The van der Waals surface area contributed by atoms with E-state index in [2.05, 4.69) is 0 Å². The summed E-state index contributed by atoms with van der Waals surface area (Å²) in [6, 6.07) is 10.2. The SMILES string of the molecule is O=[N+]([O-])c1cc(C(F)(F)F)ccc1N1CCN(S(=O)(=O)c2ccccc2)CC1. The van der Waals surface area contributed by atoms with Crippen molar-refractivity contribution in [1.29, 1.82) is 0 Å². The van der Waals surface area contributed by atoms with Gasteiger partial charge in [-0.3, -0.25) is 10.1 Å². The smallest absolute Gasteiger partial charge is 0.363 e. The Kier molecular flexibility index (Phi) is 5.31. The van der Waals surface area contributed by atoms with Gasteiger partial charge in [0.15, 0.2) is 0 Å². The van der Waals surface area contributed by atoms with Gasteiger partial charge in [0.1, 0.15) is 5.69 Å². The summed E-state index contributed by atoms with van der Waals surface area (Å²) in [5, 5.41) is 11.3. The van der Waals surface area contributed by atoms with E-state index in [0.717, 1.165) is 12.1 Å². The van der Waals surface area contributed by atoms with Crippen LogP contribution in [-0.2, 0) is 16.2 Å². The molecule has 1 aliphatic heterocycles. The molecule has 0 amide bonds. The fourth-order valence-corrected chi connectivity index (χ4v) is 4.47. The highest BCUT2D eigenvalue weighted by Crippen LogP contribution is 2.37. The van der Waals surface area contributed by atoms with Gasteiger partial charge in [0.2, 0.25) is 10.0 Å². The Morgan fingerprint density at radius 1 is 0.964 bits per heavy atom. The van der Waals surface area contributed by atoms with Crippen LogP contribution in [0.5, 0.6) is 0 Å². The van der Waals surface area contributed by atoms with E-state index in [9.17, 15) is 31.7 Å². The molecule has 11 heteroatoms. The van der Waals surface area contributed by atoms with E-state index in [1.807, 2.05) is 0 Å². The Balaban J connectivity index is 1.81. The molecule has 2 aromatic rings. The third-order valence-corrected chi connectivity index (χ3v) is 6.37. The number of halogens is 3. The second kappa shape index (κ2) is 7.40. The lowest BCUT2D eigenvalue weighted by atomic mass is 10.1. The number of hydrogen-bond acceptors (Lipinski definition) is 5. The largest absolute Gasteiger partial charge is 0.416 e. The van der Waals surface area contributed by atoms with Crippen LogP contribution in [0.15, 0.2) is 53.4 Å². The van der Waals surface area contributed by atoms with Gasteiger partial charge < -0.3 is 4.90 Å². The molecule has 0 atom stereocenters. The molecule has 0 N–H and O–H groups in total. The zero-order chi connectivity index (χ0) is 20.5. The van der Waals surface area contributed by atoms with Crippen LogP contribution in [0.2, 0.25) is 0 Å². The van der Waals surface area contributed by atoms with Crippen LogP contribution in [0.3, 0.4) is 0 Å². The Bertz CT molecular complexity index is 973. The molecule has 28 heavy (non-hydrogen) atoms. The molecule has 0 aromatic heterocycles. The van der Waals surface area contributed by atoms with Crippen molar-refractivity contribution in [3.05, 3.63) is 64.2 Å². The van der Waals surface area contributed by atoms with E-state index in [-0.39, 0.29) is 36.8 Å². The summed E-state index contributed by atoms with van der Waals surface area (Å²) in [7, 11) is -3.70. The van der Waals surface area contributed by atoms with E-state index in [1.54, 1.807) is 18.2 Å². The molecular weight excluding hydrogens is 399 g/mol. The summed E-state index contributed by atoms with van der Waals surface area (Å²) in [4.78, 5) is 12.1. The summed E-state index contributed by atoms with van der Waals surface area (Å²) < 4.78 is 65.0. The first kappa shape index (κ1) is 20.1. The average Bonchev–Trinajstić information content (AvgIpc) is 2.67. The molecule has 0 aliphatic carbocycles. The summed E-state index contributed by atoms with van der Waals surface area (Å²) in [6.07, 6.45) is -4.69. The maximum Gasteiger partial charge on any atom is 0.416 e.